The zero-order valence-corrected chi connectivity index (χ0v) is 21.4. The van der Waals surface area contributed by atoms with Crippen molar-refractivity contribution in [2.75, 3.05) is 15.7 Å². The standard InChI is InChI=1S/C26H32N4O3S/c1-17(2)21-11-13-23(14-12-21)29(34(32,33)26-19(4)27-28(6)20(26)5)16-25(31)30-18(3)15-22-9-7-8-10-24(22)30/h7-14,17-18H,15-16H2,1-6H3. The molecule has 7 nitrogen and oxygen atoms in total. The minimum atomic E-state index is -4.04. The van der Waals surface area contributed by atoms with Crippen LogP contribution in [-0.4, -0.2) is 36.7 Å². The Kier molecular flexibility index (Phi) is 6.29. The second-order valence-corrected chi connectivity index (χ2v) is 11.1. The van der Waals surface area contributed by atoms with Crippen LogP contribution in [0, 0.1) is 13.8 Å². The van der Waals surface area contributed by atoms with E-state index < -0.39 is 10.0 Å². The summed E-state index contributed by atoms with van der Waals surface area (Å²) in [6.45, 7) is 9.27. The highest BCUT2D eigenvalue weighted by Gasteiger charge is 2.36. The summed E-state index contributed by atoms with van der Waals surface area (Å²) >= 11 is 0. The average molecular weight is 481 g/mol. The monoisotopic (exact) mass is 480 g/mol. The quantitative estimate of drug-likeness (QED) is 0.526. The molecule has 2 aromatic carbocycles. The molecule has 0 fully saturated rings. The third kappa shape index (κ3) is 4.11. The number of fused-ring (bicyclic) bond motifs is 1. The second kappa shape index (κ2) is 8.91. The Labute approximate surface area is 202 Å². The number of aryl methyl sites for hydroxylation is 2. The first kappa shape index (κ1) is 24.0. The Morgan fingerprint density at radius 1 is 1.12 bits per heavy atom. The minimum absolute atomic E-state index is 0.0420. The number of hydrogen-bond acceptors (Lipinski definition) is 4. The molecule has 0 N–H and O–H groups in total. The van der Waals surface area contributed by atoms with Gasteiger partial charge in [0.1, 0.15) is 11.4 Å². The number of hydrogen-bond donors (Lipinski definition) is 0. The van der Waals surface area contributed by atoms with Crippen molar-refractivity contribution in [3.63, 3.8) is 0 Å². The first-order chi connectivity index (χ1) is 16.0. The van der Waals surface area contributed by atoms with E-state index in [9.17, 15) is 13.2 Å². The van der Waals surface area contributed by atoms with Gasteiger partial charge in [-0.05, 0) is 62.4 Å². The molecule has 4 rings (SSSR count). The predicted octanol–water partition coefficient (Wildman–Crippen LogP) is 4.33. The molecule has 0 saturated heterocycles. The fourth-order valence-corrected chi connectivity index (χ4v) is 6.54. The molecule has 1 aromatic heterocycles. The molecule has 3 aromatic rings. The maximum absolute atomic E-state index is 14.0. The van der Waals surface area contributed by atoms with Gasteiger partial charge in [-0.1, -0.05) is 44.2 Å². The molecule has 1 unspecified atom stereocenters. The van der Waals surface area contributed by atoms with Crippen molar-refractivity contribution in [3.8, 4) is 0 Å². The number of para-hydroxylation sites is 1. The fourth-order valence-electron chi connectivity index (χ4n) is 4.72. The molecule has 2 heterocycles. The van der Waals surface area contributed by atoms with Crippen molar-refractivity contribution in [2.24, 2.45) is 7.05 Å². The number of amides is 1. The largest absolute Gasteiger partial charge is 0.307 e. The smallest absolute Gasteiger partial charge is 0.268 e. The van der Waals surface area contributed by atoms with Crippen molar-refractivity contribution in [3.05, 3.63) is 71.0 Å². The van der Waals surface area contributed by atoms with E-state index in [1.54, 1.807) is 42.6 Å². The highest BCUT2D eigenvalue weighted by atomic mass is 32.2. The van der Waals surface area contributed by atoms with Crippen LogP contribution in [0.5, 0.6) is 0 Å². The summed E-state index contributed by atoms with van der Waals surface area (Å²) in [4.78, 5) is 15.5. The Morgan fingerprint density at radius 2 is 1.76 bits per heavy atom. The lowest BCUT2D eigenvalue weighted by molar-refractivity contribution is -0.117. The Morgan fingerprint density at radius 3 is 2.35 bits per heavy atom. The number of rotatable bonds is 6. The van der Waals surface area contributed by atoms with E-state index in [0.717, 1.165) is 23.2 Å². The molecule has 1 aliphatic heterocycles. The number of benzene rings is 2. The molecule has 0 spiro atoms. The molecule has 1 aliphatic rings. The Bertz CT molecular complexity index is 1330. The van der Waals surface area contributed by atoms with Crippen LogP contribution < -0.4 is 9.21 Å². The highest BCUT2D eigenvalue weighted by Crippen LogP contribution is 2.34. The van der Waals surface area contributed by atoms with E-state index in [-0.39, 0.29) is 23.4 Å². The van der Waals surface area contributed by atoms with E-state index in [2.05, 4.69) is 18.9 Å². The lowest BCUT2D eigenvalue weighted by Crippen LogP contribution is -2.45. The van der Waals surface area contributed by atoms with Gasteiger partial charge in [0.2, 0.25) is 5.91 Å². The lowest BCUT2D eigenvalue weighted by Gasteiger charge is -2.29. The molecule has 1 atom stereocenters. The molecule has 0 aliphatic carbocycles. The summed E-state index contributed by atoms with van der Waals surface area (Å²) in [6, 6.07) is 15.2. The van der Waals surface area contributed by atoms with Crippen LogP contribution in [0.15, 0.2) is 53.4 Å². The average Bonchev–Trinajstić information content (AvgIpc) is 3.25. The van der Waals surface area contributed by atoms with Crippen molar-refractivity contribution in [1.29, 1.82) is 0 Å². The lowest BCUT2D eigenvalue weighted by atomic mass is 10.0. The normalized spacial score (nSPS) is 15.6. The first-order valence-corrected chi connectivity index (χ1v) is 13.0. The fraction of sp³-hybridized carbons (Fsp3) is 0.385. The Hall–Kier alpha value is -3.13. The number of sulfonamides is 1. The summed E-state index contributed by atoms with van der Waals surface area (Å²) in [5, 5.41) is 4.30. The molecule has 0 radical (unpaired) electrons. The maximum Gasteiger partial charge on any atom is 0.268 e. The molecule has 1 amide bonds. The number of aromatic nitrogens is 2. The van der Waals surface area contributed by atoms with Crippen LogP contribution >= 0.6 is 0 Å². The molecule has 8 heteroatoms. The molecule has 34 heavy (non-hydrogen) atoms. The van der Waals surface area contributed by atoms with Gasteiger partial charge < -0.3 is 4.90 Å². The molecule has 0 bridgehead atoms. The van der Waals surface area contributed by atoms with E-state index >= 15 is 0 Å². The van der Waals surface area contributed by atoms with Gasteiger partial charge in [-0.25, -0.2) is 8.42 Å². The topological polar surface area (TPSA) is 75.5 Å². The SMILES string of the molecule is Cc1nn(C)c(C)c1S(=O)(=O)N(CC(=O)N1c2ccccc2CC1C)c1ccc(C(C)C)cc1. The Balaban J connectivity index is 1.78. The van der Waals surface area contributed by atoms with E-state index in [1.165, 1.54) is 4.31 Å². The van der Waals surface area contributed by atoms with Gasteiger partial charge in [-0.3, -0.25) is 13.8 Å². The minimum Gasteiger partial charge on any atom is -0.307 e. The van der Waals surface area contributed by atoms with Crippen molar-refractivity contribution >= 4 is 27.3 Å². The zero-order valence-electron chi connectivity index (χ0n) is 20.6. The van der Waals surface area contributed by atoms with Crippen LogP contribution in [0.25, 0.3) is 0 Å². The van der Waals surface area contributed by atoms with Crippen LogP contribution in [0.4, 0.5) is 11.4 Å². The summed E-state index contributed by atoms with van der Waals surface area (Å²) in [5.74, 6) is 0.0543. The van der Waals surface area contributed by atoms with Crippen molar-refractivity contribution in [1.82, 2.24) is 9.78 Å². The van der Waals surface area contributed by atoms with Gasteiger partial charge in [0.15, 0.2) is 0 Å². The van der Waals surface area contributed by atoms with Gasteiger partial charge in [-0.2, -0.15) is 5.10 Å². The first-order valence-electron chi connectivity index (χ1n) is 11.5. The van der Waals surface area contributed by atoms with Crippen LogP contribution in [0.2, 0.25) is 0 Å². The number of carbonyl (C=O) groups excluding carboxylic acids is 1. The molecular formula is C26H32N4O3S. The third-order valence-electron chi connectivity index (χ3n) is 6.59. The van der Waals surface area contributed by atoms with Gasteiger partial charge >= 0.3 is 0 Å². The zero-order chi connectivity index (χ0) is 24.8. The van der Waals surface area contributed by atoms with Crippen molar-refractivity contribution in [2.45, 2.75) is 57.9 Å². The van der Waals surface area contributed by atoms with Gasteiger partial charge in [0, 0.05) is 18.8 Å². The van der Waals surface area contributed by atoms with Crippen LogP contribution in [0.1, 0.15) is 49.2 Å². The maximum atomic E-state index is 14.0. The van der Waals surface area contributed by atoms with Gasteiger partial charge in [0.05, 0.1) is 17.1 Å². The molecular weight excluding hydrogens is 448 g/mol. The van der Waals surface area contributed by atoms with Crippen molar-refractivity contribution < 1.29 is 13.2 Å². The summed E-state index contributed by atoms with van der Waals surface area (Å²) in [5.41, 5.74) is 4.45. The van der Waals surface area contributed by atoms with E-state index in [0.29, 0.717) is 23.0 Å². The van der Waals surface area contributed by atoms with Crippen LogP contribution in [-0.2, 0) is 28.3 Å². The summed E-state index contributed by atoms with van der Waals surface area (Å²) in [7, 11) is -2.33. The molecule has 0 saturated carbocycles. The summed E-state index contributed by atoms with van der Waals surface area (Å²) < 4.78 is 30.8. The third-order valence-corrected chi connectivity index (χ3v) is 8.62. The highest BCUT2D eigenvalue weighted by molar-refractivity contribution is 7.93. The van der Waals surface area contributed by atoms with Gasteiger partial charge in [0.25, 0.3) is 10.0 Å². The van der Waals surface area contributed by atoms with Gasteiger partial charge in [-0.15, -0.1) is 0 Å². The number of nitrogens with zero attached hydrogens (tertiary/aromatic N) is 4. The second-order valence-electron chi connectivity index (χ2n) is 9.33. The predicted molar refractivity (Wildman–Crippen MR) is 135 cm³/mol. The van der Waals surface area contributed by atoms with E-state index in [4.69, 9.17) is 0 Å². The number of anilines is 2. The van der Waals surface area contributed by atoms with Crippen LogP contribution in [0.3, 0.4) is 0 Å². The summed E-state index contributed by atoms with van der Waals surface area (Å²) in [6.07, 6.45) is 0.749. The van der Waals surface area contributed by atoms with E-state index in [1.807, 2.05) is 43.3 Å². The molecule has 180 valence electrons. The number of carbonyl (C=O) groups is 1.